The van der Waals surface area contributed by atoms with E-state index in [0.717, 1.165) is 17.8 Å². The highest BCUT2D eigenvalue weighted by Crippen LogP contribution is 2.36. The summed E-state index contributed by atoms with van der Waals surface area (Å²) in [6.45, 7) is 4.62. The summed E-state index contributed by atoms with van der Waals surface area (Å²) < 4.78 is 9.59. The molecule has 0 aliphatic heterocycles. The molecule has 0 unspecified atom stereocenters. The van der Waals surface area contributed by atoms with Gasteiger partial charge in [0.05, 0.1) is 19.4 Å². The van der Waals surface area contributed by atoms with Crippen LogP contribution in [-0.4, -0.2) is 32.2 Å². The van der Waals surface area contributed by atoms with Crippen molar-refractivity contribution in [2.75, 3.05) is 31.3 Å². The van der Waals surface area contributed by atoms with E-state index in [4.69, 9.17) is 10.5 Å². The quantitative estimate of drug-likeness (QED) is 0.778. The first-order valence-corrected chi connectivity index (χ1v) is 6.79. The number of methoxy groups -OCH3 is 1. The van der Waals surface area contributed by atoms with Gasteiger partial charge in [0.25, 0.3) is 0 Å². The van der Waals surface area contributed by atoms with Gasteiger partial charge in [0.1, 0.15) is 15.4 Å². The largest absolute Gasteiger partial charge is 0.465 e. The van der Waals surface area contributed by atoms with E-state index >= 15 is 0 Å². The predicted molar refractivity (Wildman–Crippen MR) is 74.8 cm³/mol. The van der Waals surface area contributed by atoms with E-state index in [1.165, 1.54) is 7.11 Å². The molecule has 0 amide bonds. The molecule has 1 aromatic heterocycles. The Hall–Kier alpha value is -1.76. The van der Waals surface area contributed by atoms with Crippen LogP contribution in [0.5, 0.6) is 0 Å². The predicted octanol–water partition coefficient (Wildman–Crippen LogP) is 2.12. The molecule has 0 spiro atoms. The number of carbonyl (C=O) groups excluding carboxylic acids is 2. The van der Waals surface area contributed by atoms with Crippen molar-refractivity contribution in [2.45, 2.75) is 20.3 Å². The van der Waals surface area contributed by atoms with Gasteiger partial charge in [-0.1, -0.05) is 6.92 Å². The fraction of sp³-hybridized carbons (Fsp3) is 0.500. The highest BCUT2D eigenvalue weighted by atomic mass is 32.1. The van der Waals surface area contributed by atoms with Crippen LogP contribution in [0.2, 0.25) is 0 Å². The minimum atomic E-state index is -0.558. The minimum Gasteiger partial charge on any atom is -0.465 e. The lowest BCUT2D eigenvalue weighted by Gasteiger charge is -2.06. The van der Waals surface area contributed by atoms with Gasteiger partial charge in [0.2, 0.25) is 0 Å². The molecule has 0 bridgehead atoms. The van der Waals surface area contributed by atoms with Crippen LogP contribution in [0, 0.1) is 0 Å². The van der Waals surface area contributed by atoms with E-state index in [1.807, 2.05) is 6.92 Å². The number of thiophene rings is 1. The first-order valence-electron chi connectivity index (χ1n) is 5.98. The van der Waals surface area contributed by atoms with Gasteiger partial charge in [-0.15, -0.1) is 11.3 Å². The van der Waals surface area contributed by atoms with E-state index in [-0.39, 0.29) is 22.7 Å². The highest BCUT2D eigenvalue weighted by molar-refractivity contribution is 7.19. The molecule has 0 aliphatic rings. The fourth-order valence-electron chi connectivity index (χ4n) is 1.46. The maximum absolute atomic E-state index is 11.9. The molecule has 0 saturated heterocycles. The van der Waals surface area contributed by atoms with Crippen molar-refractivity contribution >= 4 is 34.0 Å². The number of nitrogens with one attached hydrogen (secondary N) is 1. The van der Waals surface area contributed by atoms with Crippen LogP contribution in [0.4, 0.5) is 10.7 Å². The summed E-state index contributed by atoms with van der Waals surface area (Å²) in [5, 5.41) is 3.61. The van der Waals surface area contributed by atoms with Crippen molar-refractivity contribution in [3.8, 4) is 0 Å². The molecule has 1 heterocycles. The number of esters is 2. The second kappa shape index (κ2) is 6.98. The molecule has 3 N–H and O–H groups in total. The fourth-order valence-corrected chi connectivity index (χ4v) is 2.51. The number of hydrogen-bond acceptors (Lipinski definition) is 7. The first-order chi connectivity index (χ1) is 9.06. The van der Waals surface area contributed by atoms with Crippen molar-refractivity contribution < 1.29 is 19.1 Å². The normalized spacial score (nSPS) is 10.1. The summed E-state index contributed by atoms with van der Waals surface area (Å²) in [5.74, 6) is -1.09. The first kappa shape index (κ1) is 15.3. The molecule has 106 valence electrons. The Kier molecular flexibility index (Phi) is 5.62. The van der Waals surface area contributed by atoms with E-state index in [0.29, 0.717) is 11.5 Å². The van der Waals surface area contributed by atoms with Crippen LogP contribution in [0.25, 0.3) is 0 Å². The highest BCUT2D eigenvalue weighted by Gasteiger charge is 2.26. The number of carbonyl (C=O) groups is 2. The summed E-state index contributed by atoms with van der Waals surface area (Å²) >= 11 is 1.10. The average Bonchev–Trinajstić information content (AvgIpc) is 2.72. The summed E-state index contributed by atoms with van der Waals surface area (Å²) in [6, 6.07) is 0. The maximum atomic E-state index is 11.9. The molecule has 1 aromatic rings. The van der Waals surface area contributed by atoms with Crippen LogP contribution in [0.3, 0.4) is 0 Å². The minimum absolute atomic E-state index is 0.105. The molecule has 0 saturated carbocycles. The number of hydrogen-bond donors (Lipinski definition) is 2. The summed E-state index contributed by atoms with van der Waals surface area (Å²) in [7, 11) is 1.27. The van der Waals surface area contributed by atoms with Crippen molar-refractivity contribution in [3.63, 3.8) is 0 Å². The lowest BCUT2D eigenvalue weighted by Crippen LogP contribution is -2.11. The number of ether oxygens (including phenoxy) is 2. The van der Waals surface area contributed by atoms with Crippen molar-refractivity contribution in [3.05, 3.63) is 10.4 Å². The summed E-state index contributed by atoms with van der Waals surface area (Å²) in [5.41, 5.74) is 6.17. The Bertz CT molecular complexity index is 471. The van der Waals surface area contributed by atoms with Gasteiger partial charge >= 0.3 is 11.9 Å². The Morgan fingerprint density at radius 2 is 2.00 bits per heavy atom. The number of anilines is 2. The van der Waals surface area contributed by atoms with Gasteiger partial charge in [0, 0.05) is 6.54 Å². The smallest absolute Gasteiger partial charge is 0.350 e. The van der Waals surface area contributed by atoms with Crippen LogP contribution in [0.1, 0.15) is 40.3 Å². The lowest BCUT2D eigenvalue weighted by atomic mass is 10.2. The third-order valence-electron chi connectivity index (χ3n) is 2.33. The number of rotatable bonds is 6. The van der Waals surface area contributed by atoms with Crippen molar-refractivity contribution in [1.29, 1.82) is 0 Å². The van der Waals surface area contributed by atoms with Crippen LogP contribution in [0.15, 0.2) is 0 Å². The van der Waals surface area contributed by atoms with Gasteiger partial charge in [-0.05, 0) is 13.3 Å². The van der Waals surface area contributed by atoms with Crippen LogP contribution < -0.4 is 11.1 Å². The van der Waals surface area contributed by atoms with Crippen molar-refractivity contribution in [2.24, 2.45) is 0 Å². The zero-order valence-electron chi connectivity index (χ0n) is 11.2. The lowest BCUT2D eigenvalue weighted by molar-refractivity contribution is 0.0529. The van der Waals surface area contributed by atoms with Gasteiger partial charge in [-0.3, -0.25) is 0 Å². The van der Waals surface area contributed by atoms with E-state index < -0.39 is 11.9 Å². The van der Waals surface area contributed by atoms with Crippen LogP contribution in [-0.2, 0) is 9.47 Å². The van der Waals surface area contributed by atoms with Gasteiger partial charge < -0.3 is 20.5 Å². The Balaban J connectivity index is 3.19. The Morgan fingerprint density at radius 1 is 1.32 bits per heavy atom. The third-order valence-corrected chi connectivity index (χ3v) is 3.47. The summed E-state index contributed by atoms with van der Waals surface area (Å²) in [6.07, 6.45) is 0.883. The molecule has 0 radical (unpaired) electrons. The summed E-state index contributed by atoms with van der Waals surface area (Å²) in [4.78, 5) is 23.7. The number of nitrogens with two attached hydrogens (primary N) is 1. The molecule has 1 rings (SSSR count). The molecule has 6 nitrogen and oxygen atoms in total. The van der Waals surface area contributed by atoms with Gasteiger partial charge in [0.15, 0.2) is 0 Å². The Morgan fingerprint density at radius 3 is 2.53 bits per heavy atom. The zero-order valence-corrected chi connectivity index (χ0v) is 12.1. The molecule has 7 heteroatoms. The SMILES string of the molecule is CCCNc1sc(C(=O)OC)c(N)c1C(=O)OCC. The molecule has 0 atom stereocenters. The van der Waals surface area contributed by atoms with E-state index in [9.17, 15) is 9.59 Å². The number of nitrogen functional groups attached to an aromatic ring is 1. The molecule has 0 aliphatic carbocycles. The second-order valence-corrected chi connectivity index (χ2v) is 4.71. The Labute approximate surface area is 115 Å². The van der Waals surface area contributed by atoms with E-state index in [1.54, 1.807) is 6.92 Å². The molecule has 0 aromatic carbocycles. The molecule has 0 fully saturated rings. The van der Waals surface area contributed by atoms with Gasteiger partial charge in [-0.25, -0.2) is 9.59 Å². The molecule has 19 heavy (non-hydrogen) atoms. The standard InChI is InChI=1S/C12H18N2O4S/c1-4-6-14-10-7(11(15)18-5-2)8(13)9(19-10)12(16)17-3/h14H,4-6,13H2,1-3H3. The third kappa shape index (κ3) is 3.37. The zero-order chi connectivity index (χ0) is 14.4. The topological polar surface area (TPSA) is 90.6 Å². The monoisotopic (exact) mass is 286 g/mol. The van der Waals surface area contributed by atoms with Crippen molar-refractivity contribution in [1.82, 2.24) is 0 Å². The second-order valence-electron chi connectivity index (χ2n) is 3.69. The average molecular weight is 286 g/mol. The van der Waals surface area contributed by atoms with Crippen LogP contribution >= 0.6 is 11.3 Å². The van der Waals surface area contributed by atoms with E-state index in [2.05, 4.69) is 10.1 Å². The maximum Gasteiger partial charge on any atom is 0.350 e. The molecular formula is C12H18N2O4S. The molecular weight excluding hydrogens is 268 g/mol. The van der Waals surface area contributed by atoms with Gasteiger partial charge in [-0.2, -0.15) is 0 Å².